The maximum Gasteiger partial charge on any atom is 0.328 e. The predicted octanol–water partition coefficient (Wildman–Crippen LogP) is 0.154. The van der Waals surface area contributed by atoms with Crippen LogP contribution in [0.2, 0.25) is 0 Å². The number of carboxylic acids is 1. The van der Waals surface area contributed by atoms with Gasteiger partial charge in [0.05, 0.1) is 0 Å². The molecule has 0 unspecified atom stereocenters. The highest BCUT2D eigenvalue weighted by Gasteiger charge is 2.02. The third-order valence-corrected chi connectivity index (χ3v) is 0.752. The number of allylic oxidation sites excluding steroid dienone is 1. The van der Waals surface area contributed by atoms with Crippen LogP contribution in [0.25, 0.3) is 0 Å². The van der Waals surface area contributed by atoms with E-state index >= 15 is 0 Å². The zero-order valence-electron chi connectivity index (χ0n) is 5.39. The number of ketones is 1. The van der Waals surface area contributed by atoms with Crippen molar-refractivity contribution in [3.8, 4) is 0 Å². The van der Waals surface area contributed by atoms with Crippen LogP contribution in [0.15, 0.2) is 24.2 Å². The van der Waals surface area contributed by atoms with Crippen molar-refractivity contribution in [1.29, 1.82) is 0 Å². The van der Waals surface area contributed by atoms with E-state index < -0.39 is 17.5 Å². The standard InChI is InChI=1S/C6H6O5/c7-3-5(9)4(8)1-2-6(10)11/h1-3,7,9H,(H,10,11)/b2-1+,5-3+. The predicted molar refractivity (Wildman–Crippen MR) is 35.1 cm³/mol. The minimum atomic E-state index is -1.30. The lowest BCUT2D eigenvalue weighted by molar-refractivity contribution is -0.131. The number of aliphatic hydroxyl groups is 2. The molecule has 0 aliphatic heterocycles. The molecule has 0 aromatic heterocycles. The van der Waals surface area contributed by atoms with Gasteiger partial charge in [0.25, 0.3) is 0 Å². The van der Waals surface area contributed by atoms with Crippen LogP contribution in [-0.4, -0.2) is 27.1 Å². The topological polar surface area (TPSA) is 94.8 Å². The Morgan fingerprint density at radius 1 is 1.09 bits per heavy atom. The van der Waals surface area contributed by atoms with Crippen molar-refractivity contribution < 1.29 is 24.9 Å². The van der Waals surface area contributed by atoms with Gasteiger partial charge in [0.2, 0.25) is 5.78 Å². The second-order valence-corrected chi connectivity index (χ2v) is 1.55. The van der Waals surface area contributed by atoms with Crippen LogP contribution in [0.1, 0.15) is 0 Å². The summed E-state index contributed by atoms with van der Waals surface area (Å²) in [6, 6.07) is 0. The van der Waals surface area contributed by atoms with Crippen LogP contribution < -0.4 is 0 Å². The number of rotatable bonds is 3. The van der Waals surface area contributed by atoms with E-state index in [2.05, 4.69) is 0 Å². The maximum absolute atomic E-state index is 10.5. The van der Waals surface area contributed by atoms with Crippen molar-refractivity contribution >= 4 is 11.8 Å². The second-order valence-electron chi connectivity index (χ2n) is 1.55. The minimum absolute atomic E-state index is 0.189. The lowest BCUT2D eigenvalue weighted by atomic mass is 10.3. The summed E-state index contributed by atoms with van der Waals surface area (Å²) in [6.45, 7) is 0. The highest BCUT2D eigenvalue weighted by molar-refractivity contribution is 6.04. The van der Waals surface area contributed by atoms with E-state index in [1.165, 1.54) is 0 Å². The summed E-state index contributed by atoms with van der Waals surface area (Å²) < 4.78 is 0. The molecule has 0 heterocycles. The zero-order valence-corrected chi connectivity index (χ0v) is 5.39. The van der Waals surface area contributed by atoms with E-state index in [0.717, 1.165) is 0 Å². The Morgan fingerprint density at radius 3 is 2.00 bits per heavy atom. The molecule has 0 radical (unpaired) electrons. The molecule has 0 aromatic carbocycles. The molecule has 0 aromatic rings. The van der Waals surface area contributed by atoms with Crippen molar-refractivity contribution in [2.75, 3.05) is 0 Å². The van der Waals surface area contributed by atoms with Gasteiger partial charge < -0.3 is 15.3 Å². The largest absolute Gasteiger partial charge is 0.512 e. The Bertz CT molecular complexity index is 225. The number of aliphatic carboxylic acids is 1. The molecule has 0 aliphatic carbocycles. The van der Waals surface area contributed by atoms with Crippen LogP contribution in [0.3, 0.4) is 0 Å². The summed E-state index contributed by atoms with van der Waals surface area (Å²) in [6.07, 6.45) is 1.38. The first-order valence-corrected chi connectivity index (χ1v) is 2.56. The Balaban J connectivity index is 4.19. The van der Waals surface area contributed by atoms with Gasteiger partial charge in [-0.25, -0.2) is 4.79 Å². The van der Waals surface area contributed by atoms with Gasteiger partial charge in [0, 0.05) is 6.08 Å². The highest BCUT2D eigenvalue weighted by atomic mass is 16.4. The van der Waals surface area contributed by atoms with Crippen molar-refractivity contribution in [2.24, 2.45) is 0 Å². The number of carbonyl (C=O) groups excluding carboxylic acids is 1. The first kappa shape index (κ1) is 9.22. The third kappa shape index (κ3) is 3.74. The van der Waals surface area contributed by atoms with Crippen LogP contribution in [0.4, 0.5) is 0 Å². The SMILES string of the molecule is O=C(O)/C=C/C(=O)/C(O)=C\O. The van der Waals surface area contributed by atoms with Crippen molar-refractivity contribution in [1.82, 2.24) is 0 Å². The third-order valence-electron chi connectivity index (χ3n) is 0.752. The van der Waals surface area contributed by atoms with Gasteiger partial charge in [-0.15, -0.1) is 0 Å². The van der Waals surface area contributed by atoms with Crippen LogP contribution in [0, 0.1) is 0 Å². The summed E-state index contributed by atoms with van der Waals surface area (Å²) in [4.78, 5) is 20.3. The molecular weight excluding hydrogens is 152 g/mol. The molecule has 0 saturated heterocycles. The molecule has 5 nitrogen and oxygen atoms in total. The van der Waals surface area contributed by atoms with Gasteiger partial charge in [-0.1, -0.05) is 0 Å². The minimum Gasteiger partial charge on any atom is -0.512 e. The van der Waals surface area contributed by atoms with Gasteiger partial charge in [0.1, 0.15) is 6.26 Å². The van der Waals surface area contributed by atoms with Gasteiger partial charge in [-0.05, 0) is 6.08 Å². The van der Waals surface area contributed by atoms with Gasteiger partial charge >= 0.3 is 5.97 Å². The molecule has 0 spiro atoms. The van der Waals surface area contributed by atoms with Crippen LogP contribution in [0.5, 0.6) is 0 Å². The molecule has 0 atom stereocenters. The Hall–Kier alpha value is -1.78. The van der Waals surface area contributed by atoms with Gasteiger partial charge in [-0.3, -0.25) is 4.79 Å². The number of carbonyl (C=O) groups is 2. The summed E-state index contributed by atoms with van der Waals surface area (Å²) in [7, 11) is 0. The average molecular weight is 158 g/mol. The Morgan fingerprint density at radius 2 is 1.64 bits per heavy atom. The van der Waals surface area contributed by atoms with E-state index in [9.17, 15) is 9.59 Å². The normalized spacial score (nSPS) is 11.8. The summed E-state index contributed by atoms with van der Waals surface area (Å²) in [5.74, 6) is -3.17. The van der Waals surface area contributed by atoms with Crippen molar-refractivity contribution in [3.63, 3.8) is 0 Å². The molecule has 0 amide bonds. The zero-order chi connectivity index (χ0) is 8.85. The summed E-state index contributed by atoms with van der Waals surface area (Å²) in [5.41, 5.74) is 0. The first-order valence-electron chi connectivity index (χ1n) is 2.56. The quantitative estimate of drug-likeness (QED) is 0.401. The van der Waals surface area contributed by atoms with Crippen molar-refractivity contribution in [3.05, 3.63) is 24.2 Å². The first-order chi connectivity index (χ1) is 5.07. The molecule has 0 saturated carbocycles. The average Bonchev–Trinajstić information content (AvgIpc) is 1.98. The summed E-state index contributed by atoms with van der Waals surface area (Å²) >= 11 is 0. The maximum atomic E-state index is 10.5. The lowest BCUT2D eigenvalue weighted by Gasteiger charge is -1.87. The molecule has 3 N–H and O–H groups in total. The number of hydrogen-bond donors (Lipinski definition) is 3. The fraction of sp³-hybridized carbons (Fsp3) is 0. The summed E-state index contributed by atoms with van der Waals surface area (Å²) in [5, 5.41) is 24.5. The van der Waals surface area contributed by atoms with E-state index in [4.69, 9.17) is 15.3 Å². The van der Waals surface area contributed by atoms with Crippen molar-refractivity contribution in [2.45, 2.75) is 0 Å². The number of carboxylic acid groups (broad SMARTS) is 1. The second kappa shape index (κ2) is 4.10. The lowest BCUT2D eigenvalue weighted by Crippen LogP contribution is -1.98. The van der Waals surface area contributed by atoms with Crippen LogP contribution >= 0.6 is 0 Å². The number of hydrogen-bond acceptors (Lipinski definition) is 4. The monoisotopic (exact) mass is 158 g/mol. The van der Waals surface area contributed by atoms with Crippen LogP contribution in [-0.2, 0) is 9.59 Å². The Labute approximate surface area is 61.9 Å². The van der Waals surface area contributed by atoms with E-state index in [1.807, 2.05) is 0 Å². The molecule has 0 bridgehead atoms. The number of aliphatic hydroxyl groups excluding tert-OH is 2. The fourth-order valence-electron chi connectivity index (χ4n) is 0.296. The van der Waals surface area contributed by atoms with E-state index in [-0.39, 0.29) is 6.26 Å². The Kier molecular flexibility index (Phi) is 3.44. The van der Waals surface area contributed by atoms with Gasteiger partial charge in [-0.2, -0.15) is 0 Å². The molecule has 0 aliphatic rings. The highest BCUT2D eigenvalue weighted by Crippen LogP contribution is 1.90. The molecule has 0 rings (SSSR count). The molecular formula is C6H6O5. The molecule has 5 heteroatoms. The van der Waals surface area contributed by atoms with E-state index in [1.54, 1.807) is 0 Å². The molecule has 11 heavy (non-hydrogen) atoms. The van der Waals surface area contributed by atoms with E-state index in [0.29, 0.717) is 12.2 Å². The fourth-order valence-corrected chi connectivity index (χ4v) is 0.296. The molecule has 60 valence electrons. The molecule has 0 fully saturated rings. The smallest absolute Gasteiger partial charge is 0.328 e. The van der Waals surface area contributed by atoms with Gasteiger partial charge in [0.15, 0.2) is 5.76 Å².